The molecule has 2 heterocycles. The highest BCUT2D eigenvalue weighted by atomic mass is 35.5. The second kappa shape index (κ2) is 5.35. The largest absolute Gasteiger partial charge is 0.366 e. The summed E-state index contributed by atoms with van der Waals surface area (Å²) < 4.78 is 14.3. The van der Waals surface area contributed by atoms with Crippen LogP contribution in [-0.2, 0) is 0 Å². The molecule has 0 aliphatic rings. The molecule has 0 spiro atoms. The number of benzene rings is 1. The fraction of sp³-hybridized carbons (Fsp3) is 0.0625. The van der Waals surface area contributed by atoms with Crippen molar-refractivity contribution in [2.24, 2.45) is 5.73 Å². The summed E-state index contributed by atoms with van der Waals surface area (Å²) in [6.45, 7) is 1.71. The van der Waals surface area contributed by atoms with Crippen LogP contribution in [0.3, 0.4) is 0 Å². The van der Waals surface area contributed by atoms with Crippen LogP contribution in [-0.4, -0.2) is 15.9 Å². The number of carbonyl (C=O) groups is 1. The molecule has 1 amide bonds. The van der Waals surface area contributed by atoms with Gasteiger partial charge in [0.25, 0.3) is 5.91 Å². The topological polar surface area (TPSA) is 68.9 Å². The van der Waals surface area contributed by atoms with Gasteiger partial charge < -0.3 is 5.73 Å². The molecule has 0 fully saturated rings. The van der Waals surface area contributed by atoms with Crippen LogP contribution in [0, 0.1) is 12.7 Å². The van der Waals surface area contributed by atoms with E-state index in [1.165, 1.54) is 18.5 Å². The summed E-state index contributed by atoms with van der Waals surface area (Å²) in [5, 5.41) is 0.757. The van der Waals surface area contributed by atoms with E-state index >= 15 is 0 Å². The number of rotatable bonds is 2. The number of nitrogens with zero attached hydrogens (tertiary/aromatic N) is 2. The molecular weight excluding hydrogens is 305 g/mol. The van der Waals surface area contributed by atoms with Gasteiger partial charge in [0.15, 0.2) is 0 Å². The third-order valence-corrected chi connectivity index (χ3v) is 3.70. The first-order valence-corrected chi connectivity index (χ1v) is 6.86. The van der Waals surface area contributed by atoms with Crippen molar-refractivity contribution >= 4 is 28.4 Å². The minimum atomic E-state index is -0.683. The van der Waals surface area contributed by atoms with Gasteiger partial charge in [-0.1, -0.05) is 17.7 Å². The van der Waals surface area contributed by atoms with Crippen LogP contribution in [0.1, 0.15) is 16.1 Å². The molecule has 0 aliphatic heterocycles. The Morgan fingerprint density at radius 3 is 2.82 bits per heavy atom. The first kappa shape index (κ1) is 14.4. The Morgan fingerprint density at radius 1 is 1.32 bits per heavy atom. The number of carbonyl (C=O) groups excluding carboxylic acids is 1. The summed E-state index contributed by atoms with van der Waals surface area (Å²) >= 11 is 6.03. The molecule has 0 radical (unpaired) electrons. The van der Waals surface area contributed by atoms with Gasteiger partial charge in [0.1, 0.15) is 11.3 Å². The van der Waals surface area contributed by atoms with E-state index < -0.39 is 11.7 Å². The van der Waals surface area contributed by atoms with Gasteiger partial charge in [0, 0.05) is 29.0 Å². The molecular formula is C16H11ClFN3O. The standard InChI is InChI=1S/C16H11ClFN3O/c1-8-13(14(16(19)22)11(17)7-21-8)10-5-9-3-2-4-20-15(9)12(18)6-10/h2-7H,1H3,(H2,19,22). The molecule has 1 aromatic carbocycles. The van der Waals surface area contributed by atoms with E-state index in [0.29, 0.717) is 22.2 Å². The zero-order valence-corrected chi connectivity index (χ0v) is 12.4. The number of hydrogen-bond acceptors (Lipinski definition) is 3. The predicted molar refractivity (Wildman–Crippen MR) is 83.2 cm³/mol. The highest BCUT2D eigenvalue weighted by Crippen LogP contribution is 2.33. The summed E-state index contributed by atoms with van der Waals surface area (Å²) in [6.07, 6.45) is 2.88. The molecule has 2 aromatic heterocycles. The number of pyridine rings is 2. The minimum Gasteiger partial charge on any atom is -0.366 e. The number of halogens is 2. The molecule has 2 N–H and O–H groups in total. The lowest BCUT2D eigenvalue weighted by Gasteiger charge is -2.12. The number of aromatic nitrogens is 2. The van der Waals surface area contributed by atoms with Crippen LogP contribution >= 0.6 is 11.6 Å². The lowest BCUT2D eigenvalue weighted by atomic mass is 9.96. The maximum Gasteiger partial charge on any atom is 0.250 e. The molecule has 0 atom stereocenters. The zero-order chi connectivity index (χ0) is 15.9. The van der Waals surface area contributed by atoms with Crippen molar-refractivity contribution in [1.82, 2.24) is 9.97 Å². The van der Waals surface area contributed by atoms with Crippen LogP contribution < -0.4 is 5.73 Å². The van der Waals surface area contributed by atoms with Crippen molar-refractivity contribution in [2.75, 3.05) is 0 Å². The maximum absolute atomic E-state index is 14.3. The number of aryl methyl sites for hydroxylation is 1. The van der Waals surface area contributed by atoms with Gasteiger partial charge >= 0.3 is 0 Å². The van der Waals surface area contributed by atoms with Crippen molar-refractivity contribution in [3.8, 4) is 11.1 Å². The van der Waals surface area contributed by atoms with E-state index in [2.05, 4.69) is 9.97 Å². The Labute approximate surface area is 130 Å². The van der Waals surface area contributed by atoms with E-state index in [9.17, 15) is 9.18 Å². The van der Waals surface area contributed by atoms with Gasteiger partial charge in [-0.25, -0.2) is 4.39 Å². The van der Waals surface area contributed by atoms with E-state index in [0.717, 1.165) is 0 Å². The third-order valence-electron chi connectivity index (χ3n) is 3.42. The van der Waals surface area contributed by atoms with Crippen molar-refractivity contribution in [3.05, 3.63) is 58.8 Å². The maximum atomic E-state index is 14.3. The molecule has 110 valence electrons. The molecule has 22 heavy (non-hydrogen) atoms. The molecule has 0 saturated carbocycles. The third kappa shape index (κ3) is 2.29. The summed E-state index contributed by atoms with van der Waals surface area (Å²) in [7, 11) is 0. The number of primary amides is 1. The molecule has 0 saturated heterocycles. The van der Waals surface area contributed by atoms with Gasteiger partial charge in [-0.05, 0) is 30.7 Å². The highest BCUT2D eigenvalue weighted by molar-refractivity contribution is 6.34. The number of amides is 1. The van der Waals surface area contributed by atoms with Crippen LogP contribution in [0.2, 0.25) is 5.02 Å². The zero-order valence-electron chi connectivity index (χ0n) is 11.6. The first-order valence-electron chi connectivity index (χ1n) is 6.48. The molecule has 3 aromatic rings. The fourth-order valence-electron chi connectivity index (χ4n) is 2.47. The van der Waals surface area contributed by atoms with Crippen molar-refractivity contribution < 1.29 is 9.18 Å². The first-order chi connectivity index (χ1) is 10.5. The normalized spacial score (nSPS) is 10.9. The van der Waals surface area contributed by atoms with Gasteiger partial charge in [0.05, 0.1) is 10.6 Å². The predicted octanol–water partition coefficient (Wildman–Crippen LogP) is 3.50. The van der Waals surface area contributed by atoms with Gasteiger partial charge in [0.2, 0.25) is 0 Å². The summed E-state index contributed by atoms with van der Waals surface area (Å²) in [5.74, 6) is -1.17. The molecule has 3 rings (SSSR count). The average Bonchev–Trinajstić information content (AvgIpc) is 2.49. The fourth-order valence-corrected chi connectivity index (χ4v) is 2.71. The SMILES string of the molecule is Cc1ncc(Cl)c(C(N)=O)c1-c1cc(F)c2ncccc2c1. The molecule has 6 heteroatoms. The Hall–Kier alpha value is -2.53. The van der Waals surface area contributed by atoms with Crippen LogP contribution in [0.4, 0.5) is 4.39 Å². The smallest absolute Gasteiger partial charge is 0.250 e. The molecule has 4 nitrogen and oxygen atoms in total. The summed E-state index contributed by atoms with van der Waals surface area (Å²) in [4.78, 5) is 19.9. The van der Waals surface area contributed by atoms with Gasteiger partial charge in [-0.15, -0.1) is 0 Å². The lowest BCUT2D eigenvalue weighted by molar-refractivity contribution is 0.100. The summed E-state index contributed by atoms with van der Waals surface area (Å²) in [5.41, 5.74) is 7.28. The van der Waals surface area contributed by atoms with E-state index in [4.69, 9.17) is 17.3 Å². The van der Waals surface area contributed by atoms with Crippen molar-refractivity contribution in [3.63, 3.8) is 0 Å². The Balaban J connectivity index is 2.37. The van der Waals surface area contributed by atoms with E-state index in [1.807, 2.05) is 0 Å². The second-order valence-corrected chi connectivity index (χ2v) is 5.25. The van der Waals surface area contributed by atoms with Crippen LogP contribution in [0.5, 0.6) is 0 Å². The number of nitrogens with two attached hydrogens (primary N) is 1. The quantitative estimate of drug-likeness (QED) is 0.787. The summed E-state index contributed by atoms with van der Waals surface area (Å²) in [6, 6.07) is 6.50. The number of fused-ring (bicyclic) bond motifs is 1. The second-order valence-electron chi connectivity index (χ2n) is 4.84. The Bertz CT molecular complexity index is 911. The monoisotopic (exact) mass is 315 g/mol. The van der Waals surface area contributed by atoms with E-state index in [-0.39, 0.29) is 16.1 Å². The van der Waals surface area contributed by atoms with Crippen LogP contribution in [0.25, 0.3) is 22.0 Å². The Morgan fingerprint density at radius 2 is 2.09 bits per heavy atom. The van der Waals surface area contributed by atoms with Crippen molar-refractivity contribution in [1.29, 1.82) is 0 Å². The molecule has 0 aliphatic carbocycles. The van der Waals surface area contributed by atoms with Crippen molar-refractivity contribution in [2.45, 2.75) is 6.92 Å². The minimum absolute atomic E-state index is 0.136. The van der Waals surface area contributed by atoms with E-state index in [1.54, 1.807) is 25.1 Å². The highest BCUT2D eigenvalue weighted by Gasteiger charge is 2.19. The molecule has 0 unspecified atom stereocenters. The number of hydrogen-bond donors (Lipinski definition) is 1. The van der Waals surface area contributed by atoms with Gasteiger partial charge in [-0.2, -0.15) is 0 Å². The van der Waals surface area contributed by atoms with Crippen LogP contribution in [0.15, 0.2) is 36.7 Å². The lowest BCUT2D eigenvalue weighted by Crippen LogP contribution is -2.14. The molecule has 0 bridgehead atoms. The van der Waals surface area contributed by atoms with Gasteiger partial charge in [-0.3, -0.25) is 14.8 Å². The Kier molecular flexibility index (Phi) is 3.50. The average molecular weight is 316 g/mol.